The smallest absolute Gasteiger partial charge is 0.196 e. The summed E-state index contributed by atoms with van der Waals surface area (Å²) < 4.78 is 10.6. The molecule has 1 aliphatic rings. The lowest BCUT2D eigenvalue weighted by Crippen LogP contribution is -2.44. The highest BCUT2D eigenvalue weighted by Gasteiger charge is 2.09. The van der Waals surface area contributed by atoms with Gasteiger partial charge in [0.1, 0.15) is 12.4 Å². The number of para-hydroxylation sites is 1. The zero-order valence-corrected chi connectivity index (χ0v) is 18.3. The molecule has 1 N–H and O–H groups in total. The number of thiazole rings is 1. The molecule has 0 radical (unpaired) electrons. The third-order valence-corrected chi connectivity index (χ3v) is 4.37. The first-order valence-electron chi connectivity index (χ1n) is 7.84. The number of ether oxygens (including phenoxy) is 2. The van der Waals surface area contributed by atoms with Crippen LogP contribution in [0.2, 0.25) is 0 Å². The second kappa shape index (κ2) is 16.4. The van der Waals surface area contributed by atoms with E-state index < -0.39 is 0 Å². The molecular weight excluding hydrogens is 417 g/mol. The van der Waals surface area contributed by atoms with E-state index in [9.17, 15) is 0 Å². The summed E-state index contributed by atoms with van der Waals surface area (Å²) in [6.07, 6.45) is 0. The van der Waals surface area contributed by atoms with E-state index in [0.29, 0.717) is 0 Å². The fourth-order valence-electron chi connectivity index (χ4n) is 2.19. The number of rotatable bonds is 5. The molecule has 150 valence electrons. The normalized spacial score (nSPS) is 13.0. The molecule has 1 aromatic carbocycles. The molecule has 1 aromatic heterocycles. The maximum absolute atomic E-state index is 5.67. The minimum absolute atomic E-state index is 0. The van der Waals surface area contributed by atoms with Gasteiger partial charge in [0.15, 0.2) is 5.06 Å². The summed E-state index contributed by atoms with van der Waals surface area (Å²) in [5.41, 5.74) is 2.83. The minimum Gasteiger partial charge on any atom is -0.497 e. The Hall–Kier alpha value is -0.760. The molecule has 2 aromatic rings. The number of benzene rings is 1. The number of piperazine rings is 1. The highest BCUT2D eigenvalue weighted by Crippen LogP contribution is 2.21. The molecule has 0 spiro atoms. The number of hydrogen-bond donors (Lipinski definition) is 1. The monoisotopic (exact) mass is 443 g/mol. The first-order chi connectivity index (χ1) is 11.3. The number of nitrogens with zero attached hydrogens (tertiary/aromatic N) is 2. The highest BCUT2D eigenvalue weighted by molar-refractivity contribution is 7.11. The maximum atomic E-state index is 5.67. The Kier molecular flexibility index (Phi) is 17.3. The molecule has 9 heteroatoms. The van der Waals surface area contributed by atoms with Gasteiger partial charge in [-0.2, -0.15) is 0 Å². The van der Waals surface area contributed by atoms with Crippen molar-refractivity contribution in [1.29, 1.82) is 0 Å². The van der Waals surface area contributed by atoms with Crippen LogP contribution in [-0.2, 0) is 0 Å². The van der Waals surface area contributed by atoms with Crippen LogP contribution in [0.5, 0.6) is 10.8 Å². The van der Waals surface area contributed by atoms with Crippen LogP contribution in [-0.4, -0.2) is 56.3 Å². The molecule has 0 aliphatic carbocycles. The van der Waals surface area contributed by atoms with Gasteiger partial charge in [-0.25, -0.2) is 4.98 Å². The van der Waals surface area contributed by atoms with Crippen molar-refractivity contribution < 1.29 is 9.47 Å². The molecule has 0 unspecified atom stereocenters. The fourth-order valence-corrected chi connectivity index (χ4v) is 2.87. The predicted molar refractivity (Wildman–Crippen MR) is 116 cm³/mol. The molecule has 1 saturated heterocycles. The summed E-state index contributed by atoms with van der Waals surface area (Å²) in [7, 11) is 1.66. The summed E-state index contributed by atoms with van der Waals surface area (Å²) in [6, 6.07) is 9.68. The van der Waals surface area contributed by atoms with Crippen molar-refractivity contribution in [3.8, 4) is 10.8 Å². The van der Waals surface area contributed by atoms with Crippen molar-refractivity contribution in [2.75, 3.05) is 46.4 Å². The predicted octanol–water partition coefficient (Wildman–Crippen LogP) is 3.70. The van der Waals surface area contributed by atoms with Crippen LogP contribution in [0, 0.1) is 6.92 Å². The lowest BCUT2D eigenvalue weighted by atomic mass is 10.3. The van der Waals surface area contributed by atoms with E-state index in [1.54, 1.807) is 18.4 Å². The average molecular weight is 445 g/mol. The van der Waals surface area contributed by atoms with Gasteiger partial charge < -0.3 is 14.8 Å². The van der Waals surface area contributed by atoms with E-state index in [-0.39, 0.29) is 37.2 Å². The molecule has 2 heterocycles. The van der Waals surface area contributed by atoms with Crippen LogP contribution in [0.15, 0.2) is 35.8 Å². The maximum Gasteiger partial charge on any atom is 0.196 e. The van der Waals surface area contributed by atoms with Gasteiger partial charge in [0.05, 0.1) is 18.3 Å². The Bertz CT molecular complexity index is 555. The van der Waals surface area contributed by atoms with E-state index in [0.717, 1.165) is 55.8 Å². The third-order valence-electron chi connectivity index (χ3n) is 3.53. The van der Waals surface area contributed by atoms with E-state index in [4.69, 9.17) is 9.47 Å². The number of aromatic nitrogens is 1. The van der Waals surface area contributed by atoms with Crippen molar-refractivity contribution in [2.45, 2.75) is 6.92 Å². The van der Waals surface area contributed by atoms with Crippen LogP contribution >= 0.6 is 48.6 Å². The van der Waals surface area contributed by atoms with Crippen molar-refractivity contribution >= 4 is 48.6 Å². The summed E-state index contributed by atoms with van der Waals surface area (Å²) >= 11 is 1.57. The van der Waals surface area contributed by atoms with E-state index in [1.165, 1.54) is 0 Å². The fraction of sp³-hybridized carbons (Fsp3) is 0.471. The molecule has 0 atom stereocenters. The van der Waals surface area contributed by atoms with Crippen LogP contribution in [0.1, 0.15) is 5.69 Å². The number of methoxy groups -OCH3 is 1. The number of aryl methyl sites for hydroxylation is 1. The Morgan fingerprint density at radius 1 is 1.12 bits per heavy atom. The molecule has 1 fully saturated rings. The molecule has 5 nitrogen and oxygen atoms in total. The van der Waals surface area contributed by atoms with Gasteiger partial charge in [-0.1, -0.05) is 29.5 Å². The summed E-state index contributed by atoms with van der Waals surface area (Å²) in [5.74, 6) is 0.910. The quantitative estimate of drug-likeness (QED) is 0.762. The van der Waals surface area contributed by atoms with E-state index >= 15 is 0 Å². The number of halogens is 3. The molecule has 26 heavy (non-hydrogen) atoms. The van der Waals surface area contributed by atoms with E-state index in [2.05, 4.69) is 15.2 Å². The standard InChI is InChI=1S/C10H17N3OS.C7H8O.3ClH/c1-9-10(15-8-12-9)14-7-6-13-4-2-11-3-5-13;1-8-7-5-3-2-4-6-7;;;/h8,11H,2-7H2,1H3;2-6H,1H3;3*1H. The highest BCUT2D eigenvalue weighted by atomic mass is 35.5. The molecule has 0 saturated carbocycles. The van der Waals surface area contributed by atoms with Crippen LogP contribution in [0.4, 0.5) is 0 Å². The molecule has 0 amide bonds. The number of nitrogens with one attached hydrogen (secondary N) is 1. The Balaban J connectivity index is 0. The van der Waals surface area contributed by atoms with Gasteiger partial charge in [-0.3, -0.25) is 4.90 Å². The van der Waals surface area contributed by atoms with Crippen molar-refractivity contribution in [3.05, 3.63) is 41.5 Å². The summed E-state index contributed by atoms with van der Waals surface area (Å²) in [4.78, 5) is 6.58. The Labute approximate surface area is 178 Å². The first kappa shape index (κ1) is 27.5. The van der Waals surface area contributed by atoms with Gasteiger partial charge in [0, 0.05) is 32.7 Å². The zero-order chi connectivity index (χ0) is 16.3. The van der Waals surface area contributed by atoms with Gasteiger partial charge in [-0.05, 0) is 19.1 Å². The largest absolute Gasteiger partial charge is 0.497 e. The van der Waals surface area contributed by atoms with Gasteiger partial charge in [0.25, 0.3) is 0 Å². The third kappa shape index (κ3) is 10.4. The van der Waals surface area contributed by atoms with Gasteiger partial charge in [0.2, 0.25) is 0 Å². The summed E-state index contributed by atoms with van der Waals surface area (Å²) in [6.45, 7) is 8.22. The molecule has 0 bridgehead atoms. The van der Waals surface area contributed by atoms with Crippen LogP contribution in [0.25, 0.3) is 0 Å². The SMILES string of the molecule is COc1ccccc1.Cc1ncsc1OCCN1CCNCC1.Cl.Cl.Cl. The van der Waals surface area contributed by atoms with Gasteiger partial charge in [-0.15, -0.1) is 37.2 Å². The average Bonchev–Trinajstić information content (AvgIpc) is 3.02. The molecule has 3 rings (SSSR count). The van der Waals surface area contributed by atoms with Crippen molar-refractivity contribution in [3.63, 3.8) is 0 Å². The topological polar surface area (TPSA) is 46.6 Å². The molecule has 1 aliphatic heterocycles. The Morgan fingerprint density at radius 2 is 1.77 bits per heavy atom. The first-order valence-corrected chi connectivity index (χ1v) is 8.72. The second-order valence-electron chi connectivity index (χ2n) is 5.18. The van der Waals surface area contributed by atoms with Crippen molar-refractivity contribution in [1.82, 2.24) is 15.2 Å². The van der Waals surface area contributed by atoms with E-state index in [1.807, 2.05) is 42.8 Å². The van der Waals surface area contributed by atoms with Crippen LogP contribution < -0.4 is 14.8 Å². The van der Waals surface area contributed by atoms with Crippen molar-refractivity contribution in [2.24, 2.45) is 0 Å². The van der Waals surface area contributed by atoms with Crippen LogP contribution in [0.3, 0.4) is 0 Å². The Morgan fingerprint density at radius 3 is 2.27 bits per heavy atom. The zero-order valence-electron chi connectivity index (χ0n) is 15.1. The summed E-state index contributed by atoms with van der Waals surface area (Å²) in [5, 5.41) is 4.30. The molecular formula is C17H28Cl3N3O2S. The minimum atomic E-state index is 0. The van der Waals surface area contributed by atoms with Gasteiger partial charge >= 0.3 is 0 Å². The lowest BCUT2D eigenvalue weighted by molar-refractivity contribution is 0.193. The lowest BCUT2D eigenvalue weighted by Gasteiger charge is -2.26. The number of hydrogen-bond acceptors (Lipinski definition) is 6. The second-order valence-corrected chi connectivity index (χ2v) is 6.00.